The summed E-state index contributed by atoms with van der Waals surface area (Å²) in [6.45, 7) is 3.22. The van der Waals surface area contributed by atoms with Crippen molar-refractivity contribution in [2.24, 2.45) is 5.92 Å². The van der Waals surface area contributed by atoms with Crippen LogP contribution in [0.4, 0.5) is 0 Å². The van der Waals surface area contributed by atoms with Crippen LogP contribution in [0.2, 0.25) is 0 Å². The maximum atomic E-state index is 8.96. The normalized spacial score (nSPS) is 17.8. The van der Waals surface area contributed by atoms with E-state index in [1.54, 1.807) is 0 Å². The molecule has 0 amide bonds. The van der Waals surface area contributed by atoms with Crippen LogP contribution in [0.5, 0.6) is 0 Å². The maximum Gasteiger partial charge on any atom is 0.134 e. The van der Waals surface area contributed by atoms with Crippen LogP contribution >= 0.6 is 0 Å². The summed E-state index contributed by atoms with van der Waals surface area (Å²) in [6.07, 6.45) is 1.84. The molecule has 16 heavy (non-hydrogen) atoms. The lowest BCUT2D eigenvalue weighted by Crippen LogP contribution is -2.47. The number of likely N-dealkylation sites (tertiary alicyclic amines) is 1. The maximum absolute atomic E-state index is 8.96. The summed E-state index contributed by atoms with van der Waals surface area (Å²) in [4.78, 5) is 2.33. The molecule has 1 N–H and O–H groups in total. The van der Waals surface area contributed by atoms with Gasteiger partial charge < -0.3 is 9.52 Å². The molecule has 2 heterocycles. The molecule has 3 rings (SSSR count). The number of aliphatic hydroxyl groups excluding tert-OH is 1. The number of nitrogens with zero attached hydrogens (tertiary/aromatic N) is 1. The Kier molecular flexibility index (Phi) is 2.42. The van der Waals surface area contributed by atoms with Crippen molar-refractivity contribution in [2.45, 2.75) is 6.54 Å². The van der Waals surface area contributed by atoms with Crippen molar-refractivity contribution in [3.8, 4) is 0 Å². The molecule has 0 bridgehead atoms. The third kappa shape index (κ3) is 1.62. The summed E-state index contributed by atoms with van der Waals surface area (Å²) >= 11 is 0. The second kappa shape index (κ2) is 3.92. The number of furan rings is 1. The molecule has 1 aromatic heterocycles. The molecule has 84 valence electrons. The predicted octanol–water partition coefficient (Wildman–Crippen LogP) is 1.86. The van der Waals surface area contributed by atoms with Crippen LogP contribution in [-0.4, -0.2) is 29.7 Å². The van der Waals surface area contributed by atoms with Crippen LogP contribution in [-0.2, 0) is 6.54 Å². The lowest BCUT2D eigenvalue weighted by atomic mass is 10.0. The van der Waals surface area contributed by atoms with E-state index < -0.39 is 0 Å². The standard InChI is InChI=1S/C13H15NO2/c15-8-10-5-14(6-10)7-11-9-16-13-4-2-1-3-12(11)13/h1-4,9-10,15H,5-8H2. The number of aliphatic hydroxyl groups is 1. The predicted molar refractivity (Wildman–Crippen MR) is 62.1 cm³/mol. The molecule has 0 saturated carbocycles. The summed E-state index contributed by atoms with van der Waals surface area (Å²) in [6, 6.07) is 8.11. The van der Waals surface area contributed by atoms with E-state index in [2.05, 4.69) is 11.0 Å². The highest BCUT2D eigenvalue weighted by Gasteiger charge is 2.26. The van der Waals surface area contributed by atoms with Crippen LogP contribution < -0.4 is 0 Å². The van der Waals surface area contributed by atoms with Gasteiger partial charge >= 0.3 is 0 Å². The van der Waals surface area contributed by atoms with E-state index in [1.807, 2.05) is 24.5 Å². The van der Waals surface area contributed by atoms with Crippen molar-refractivity contribution < 1.29 is 9.52 Å². The Morgan fingerprint density at radius 3 is 2.94 bits per heavy atom. The van der Waals surface area contributed by atoms with Crippen LogP contribution in [0.1, 0.15) is 5.56 Å². The van der Waals surface area contributed by atoms with Gasteiger partial charge in [0.1, 0.15) is 5.58 Å². The van der Waals surface area contributed by atoms with Gasteiger partial charge in [0.25, 0.3) is 0 Å². The number of hydrogen-bond donors (Lipinski definition) is 1. The van der Waals surface area contributed by atoms with E-state index in [0.717, 1.165) is 25.2 Å². The Morgan fingerprint density at radius 2 is 2.12 bits per heavy atom. The molecule has 0 spiro atoms. The molecule has 3 nitrogen and oxygen atoms in total. The average molecular weight is 217 g/mol. The molecule has 0 unspecified atom stereocenters. The molecule has 1 aliphatic rings. The highest BCUT2D eigenvalue weighted by molar-refractivity contribution is 5.80. The SMILES string of the molecule is OCC1CN(Cc2coc3ccccc23)C1. The number of hydrogen-bond acceptors (Lipinski definition) is 3. The van der Waals surface area contributed by atoms with Crippen LogP contribution in [0.3, 0.4) is 0 Å². The van der Waals surface area contributed by atoms with Crippen molar-refractivity contribution in [2.75, 3.05) is 19.7 Å². The van der Waals surface area contributed by atoms with Crippen LogP contribution in [0.15, 0.2) is 34.9 Å². The lowest BCUT2D eigenvalue weighted by molar-refractivity contribution is 0.0480. The van der Waals surface area contributed by atoms with Gasteiger partial charge in [0, 0.05) is 43.1 Å². The van der Waals surface area contributed by atoms with E-state index in [9.17, 15) is 0 Å². The fourth-order valence-corrected chi connectivity index (χ4v) is 2.32. The van der Waals surface area contributed by atoms with Gasteiger partial charge in [-0.3, -0.25) is 4.90 Å². The van der Waals surface area contributed by atoms with Gasteiger partial charge in [-0.25, -0.2) is 0 Å². The van der Waals surface area contributed by atoms with Crippen LogP contribution in [0, 0.1) is 5.92 Å². The first-order chi connectivity index (χ1) is 7.86. The van der Waals surface area contributed by atoms with Gasteiger partial charge in [-0.2, -0.15) is 0 Å². The molecule has 0 atom stereocenters. The van der Waals surface area contributed by atoms with Gasteiger partial charge in [0.2, 0.25) is 0 Å². The molecule has 1 saturated heterocycles. The Balaban J connectivity index is 1.75. The molecule has 0 aliphatic carbocycles. The molecule has 1 fully saturated rings. The zero-order valence-corrected chi connectivity index (χ0v) is 9.10. The van der Waals surface area contributed by atoms with Crippen molar-refractivity contribution in [3.05, 3.63) is 36.1 Å². The number of rotatable bonds is 3. The minimum absolute atomic E-state index is 0.308. The molecule has 3 heteroatoms. The molecule has 1 aromatic carbocycles. The van der Waals surface area contributed by atoms with Gasteiger partial charge in [0.15, 0.2) is 0 Å². The molecular weight excluding hydrogens is 202 g/mol. The minimum Gasteiger partial charge on any atom is -0.464 e. The van der Waals surface area contributed by atoms with Gasteiger partial charge in [-0.05, 0) is 6.07 Å². The quantitative estimate of drug-likeness (QED) is 0.852. The van der Waals surface area contributed by atoms with E-state index in [4.69, 9.17) is 9.52 Å². The number of fused-ring (bicyclic) bond motifs is 1. The molecule has 0 radical (unpaired) electrons. The zero-order valence-electron chi connectivity index (χ0n) is 9.10. The van der Waals surface area contributed by atoms with E-state index >= 15 is 0 Å². The van der Waals surface area contributed by atoms with Crippen LogP contribution in [0.25, 0.3) is 11.0 Å². The first-order valence-corrected chi connectivity index (χ1v) is 5.65. The van der Waals surface area contributed by atoms with Gasteiger partial charge in [-0.1, -0.05) is 18.2 Å². The second-order valence-electron chi connectivity index (χ2n) is 4.50. The van der Waals surface area contributed by atoms with Crippen molar-refractivity contribution in [3.63, 3.8) is 0 Å². The third-order valence-electron chi connectivity index (χ3n) is 3.25. The zero-order chi connectivity index (χ0) is 11.0. The Morgan fingerprint density at radius 1 is 1.31 bits per heavy atom. The van der Waals surface area contributed by atoms with Crippen molar-refractivity contribution >= 4 is 11.0 Å². The van der Waals surface area contributed by atoms with E-state index in [0.29, 0.717) is 12.5 Å². The largest absolute Gasteiger partial charge is 0.464 e. The molecular formula is C13H15NO2. The van der Waals surface area contributed by atoms with E-state index in [-0.39, 0.29) is 0 Å². The highest BCUT2D eigenvalue weighted by Crippen LogP contribution is 2.25. The average Bonchev–Trinajstić information content (AvgIpc) is 2.66. The smallest absolute Gasteiger partial charge is 0.134 e. The molecule has 2 aromatic rings. The van der Waals surface area contributed by atoms with Gasteiger partial charge in [-0.15, -0.1) is 0 Å². The third-order valence-corrected chi connectivity index (χ3v) is 3.25. The second-order valence-corrected chi connectivity index (χ2v) is 4.50. The van der Waals surface area contributed by atoms with Gasteiger partial charge in [0.05, 0.1) is 6.26 Å². The number of benzene rings is 1. The summed E-state index contributed by atoms with van der Waals surface area (Å²) in [5.41, 5.74) is 2.20. The Bertz CT molecular complexity index is 485. The highest BCUT2D eigenvalue weighted by atomic mass is 16.3. The Hall–Kier alpha value is -1.32. The summed E-state index contributed by atoms with van der Waals surface area (Å²) in [5, 5.41) is 10.2. The summed E-state index contributed by atoms with van der Waals surface area (Å²) in [5.74, 6) is 0.471. The van der Waals surface area contributed by atoms with Crippen molar-refractivity contribution in [1.29, 1.82) is 0 Å². The Labute approximate surface area is 94.3 Å². The monoisotopic (exact) mass is 217 g/mol. The minimum atomic E-state index is 0.308. The fraction of sp³-hybridized carbons (Fsp3) is 0.385. The fourth-order valence-electron chi connectivity index (χ4n) is 2.32. The first-order valence-electron chi connectivity index (χ1n) is 5.65. The summed E-state index contributed by atoms with van der Waals surface area (Å²) < 4.78 is 5.50. The van der Waals surface area contributed by atoms with Crippen molar-refractivity contribution in [1.82, 2.24) is 4.90 Å². The molecule has 1 aliphatic heterocycles. The van der Waals surface area contributed by atoms with E-state index in [1.165, 1.54) is 10.9 Å². The first kappa shape index (κ1) is 9.87. The topological polar surface area (TPSA) is 36.6 Å². The lowest BCUT2D eigenvalue weighted by Gasteiger charge is -2.37. The number of para-hydroxylation sites is 1. The summed E-state index contributed by atoms with van der Waals surface area (Å²) in [7, 11) is 0.